The van der Waals surface area contributed by atoms with Gasteiger partial charge in [-0.3, -0.25) is 4.79 Å². The molecule has 2 N–H and O–H groups in total. The van der Waals surface area contributed by atoms with Crippen LogP contribution < -0.4 is 10.0 Å². The number of hydrogen-bond acceptors (Lipinski definition) is 3. The molecule has 1 aliphatic rings. The second kappa shape index (κ2) is 9.00. The van der Waals surface area contributed by atoms with Gasteiger partial charge >= 0.3 is 0 Å². The van der Waals surface area contributed by atoms with Crippen molar-refractivity contribution in [3.63, 3.8) is 0 Å². The molecule has 1 aromatic rings. The molecular weight excluding hydrogens is 348 g/mol. The zero-order valence-corrected chi connectivity index (χ0v) is 17.2. The van der Waals surface area contributed by atoms with Gasteiger partial charge < -0.3 is 5.32 Å². The van der Waals surface area contributed by atoms with Crippen molar-refractivity contribution < 1.29 is 13.2 Å². The van der Waals surface area contributed by atoms with Gasteiger partial charge in [-0.05, 0) is 51.7 Å². The Balaban J connectivity index is 2.05. The molecule has 0 radical (unpaired) electrons. The highest BCUT2D eigenvalue weighted by atomic mass is 32.2. The summed E-state index contributed by atoms with van der Waals surface area (Å²) in [4.78, 5) is 12.8. The average molecular weight is 381 g/mol. The Morgan fingerprint density at radius 1 is 1.00 bits per heavy atom. The number of amides is 1. The number of carbonyl (C=O) groups excluding carboxylic acids is 1. The molecule has 0 spiro atoms. The Hall–Kier alpha value is -1.40. The van der Waals surface area contributed by atoms with Crippen LogP contribution in [-0.4, -0.2) is 26.4 Å². The molecule has 1 aromatic carbocycles. The van der Waals surface area contributed by atoms with E-state index in [1.165, 1.54) is 19.3 Å². The molecule has 0 aliphatic heterocycles. The number of carbonyl (C=O) groups is 1. The fourth-order valence-electron chi connectivity index (χ4n) is 3.86. The molecule has 26 heavy (non-hydrogen) atoms. The maximum Gasteiger partial charge on any atom is 0.241 e. The monoisotopic (exact) mass is 380 g/mol. The third kappa shape index (κ3) is 5.55. The first kappa shape index (κ1) is 20.9. The molecule has 146 valence electrons. The third-order valence-corrected chi connectivity index (χ3v) is 6.90. The van der Waals surface area contributed by atoms with Gasteiger partial charge in [-0.15, -0.1) is 0 Å². The molecule has 1 aliphatic carbocycles. The average Bonchev–Trinajstić information content (AvgIpc) is 2.47. The summed E-state index contributed by atoms with van der Waals surface area (Å²) in [6.07, 6.45) is 7.87. The number of hydrogen-bond donors (Lipinski definition) is 2. The molecule has 2 rings (SSSR count). The van der Waals surface area contributed by atoms with Crippen LogP contribution in [0.15, 0.2) is 17.0 Å². The van der Waals surface area contributed by atoms with E-state index in [0.717, 1.165) is 31.2 Å². The van der Waals surface area contributed by atoms with Crippen LogP contribution in [0.1, 0.15) is 68.6 Å². The summed E-state index contributed by atoms with van der Waals surface area (Å²) in [6, 6.07) is 3.05. The quantitative estimate of drug-likeness (QED) is 0.821. The lowest BCUT2D eigenvalue weighted by Gasteiger charge is -2.23. The summed E-state index contributed by atoms with van der Waals surface area (Å²) in [5.74, 6) is -0.249. The van der Waals surface area contributed by atoms with Crippen LogP contribution in [0.3, 0.4) is 0 Å². The number of sulfonamides is 1. The number of nitrogens with one attached hydrogen (secondary N) is 2. The second-order valence-corrected chi connectivity index (χ2v) is 9.27. The summed E-state index contributed by atoms with van der Waals surface area (Å²) in [6.45, 7) is 7.12. The van der Waals surface area contributed by atoms with Crippen LogP contribution in [0.25, 0.3) is 0 Å². The molecule has 1 atom stereocenters. The number of benzene rings is 1. The van der Waals surface area contributed by atoms with E-state index in [-0.39, 0.29) is 16.8 Å². The van der Waals surface area contributed by atoms with Crippen molar-refractivity contribution >= 4 is 15.9 Å². The fraction of sp³-hybridized carbons (Fsp3) is 0.650. The lowest BCUT2D eigenvalue weighted by molar-refractivity contribution is -0.123. The Morgan fingerprint density at radius 2 is 1.50 bits per heavy atom. The summed E-state index contributed by atoms with van der Waals surface area (Å²) in [7, 11) is -3.75. The van der Waals surface area contributed by atoms with Gasteiger partial charge in [0.25, 0.3) is 0 Å². The van der Waals surface area contributed by atoms with Gasteiger partial charge in [0.1, 0.15) is 0 Å². The molecule has 1 unspecified atom stereocenters. The first-order valence-electron chi connectivity index (χ1n) is 9.61. The lowest BCUT2D eigenvalue weighted by atomic mass is 9.96. The number of rotatable bonds is 5. The highest BCUT2D eigenvalue weighted by Gasteiger charge is 2.26. The molecule has 0 aromatic heterocycles. The molecule has 0 saturated heterocycles. The smallest absolute Gasteiger partial charge is 0.241 e. The highest BCUT2D eigenvalue weighted by Crippen LogP contribution is 2.22. The summed E-state index contributed by atoms with van der Waals surface area (Å²) in [5.41, 5.74) is 2.42. The minimum Gasteiger partial charge on any atom is -0.352 e. The van der Waals surface area contributed by atoms with E-state index in [1.807, 2.05) is 19.1 Å². The van der Waals surface area contributed by atoms with Crippen molar-refractivity contribution in [3.05, 3.63) is 28.8 Å². The zero-order valence-electron chi connectivity index (χ0n) is 16.4. The van der Waals surface area contributed by atoms with Crippen molar-refractivity contribution in [2.45, 2.75) is 89.6 Å². The molecular formula is C20H32N2O3S. The highest BCUT2D eigenvalue weighted by molar-refractivity contribution is 7.89. The third-order valence-electron chi connectivity index (χ3n) is 5.05. The summed E-state index contributed by atoms with van der Waals surface area (Å²) < 4.78 is 28.2. The van der Waals surface area contributed by atoms with Crippen LogP contribution in [0, 0.1) is 20.8 Å². The molecule has 1 fully saturated rings. The molecule has 1 amide bonds. The normalized spacial score (nSPS) is 18.0. The maximum atomic E-state index is 12.8. The molecule has 0 bridgehead atoms. The van der Waals surface area contributed by atoms with E-state index in [1.54, 1.807) is 20.8 Å². The summed E-state index contributed by atoms with van der Waals surface area (Å²) >= 11 is 0. The minimum atomic E-state index is -3.75. The van der Waals surface area contributed by atoms with Crippen molar-refractivity contribution in [1.29, 1.82) is 0 Å². The van der Waals surface area contributed by atoms with E-state index in [9.17, 15) is 13.2 Å². The van der Waals surface area contributed by atoms with Gasteiger partial charge in [0.2, 0.25) is 15.9 Å². The van der Waals surface area contributed by atoms with Crippen LogP contribution in [0.5, 0.6) is 0 Å². The van der Waals surface area contributed by atoms with Gasteiger partial charge in [-0.25, -0.2) is 8.42 Å². The van der Waals surface area contributed by atoms with E-state index >= 15 is 0 Å². The van der Waals surface area contributed by atoms with E-state index in [2.05, 4.69) is 10.0 Å². The fourth-order valence-corrected chi connectivity index (χ4v) is 5.52. The number of aryl methyl sites for hydroxylation is 3. The molecule has 5 nitrogen and oxygen atoms in total. The van der Waals surface area contributed by atoms with Crippen LogP contribution in [0.4, 0.5) is 0 Å². The van der Waals surface area contributed by atoms with Gasteiger partial charge in [-0.1, -0.05) is 49.8 Å². The molecule has 1 saturated carbocycles. The predicted molar refractivity (Wildman–Crippen MR) is 105 cm³/mol. The topological polar surface area (TPSA) is 75.3 Å². The van der Waals surface area contributed by atoms with E-state index in [4.69, 9.17) is 0 Å². The van der Waals surface area contributed by atoms with Gasteiger partial charge in [0, 0.05) is 6.04 Å². The van der Waals surface area contributed by atoms with Crippen molar-refractivity contribution in [2.75, 3.05) is 0 Å². The first-order chi connectivity index (χ1) is 12.2. The van der Waals surface area contributed by atoms with Crippen LogP contribution >= 0.6 is 0 Å². The zero-order chi connectivity index (χ0) is 19.3. The van der Waals surface area contributed by atoms with Crippen molar-refractivity contribution in [2.24, 2.45) is 0 Å². The standard InChI is InChI=1S/C20H32N2O3S/c1-14-12-15(2)19(16(3)13-14)26(24,25)22-17(4)20(23)21-18-10-8-6-5-7-9-11-18/h12-13,17-18,22H,5-11H2,1-4H3,(H,21,23). The first-order valence-corrected chi connectivity index (χ1v) is 11.1. The van der Waals surface area contributed by atoms with Gasteiger partial charge in [0.05, 0.1) is 10.9 Å². The van der Waals surface area contributed by atoms with E-state index < -0.39 is 16.1 Å². The SMILES string of the molecule is Cc1cc(C)c(S(=O)(=O)NC(C)C(=O)NC2CCCCCCC2)c(C)c1. The van der Waals surface area contributed by atoms with Crippen LogP contribution in [0.2, 0.25) is 0 Å². The Morgan fingerprint density at radius 3 is 2.04 bits per heavy atom. The Bertz CT molecular complexity index is 712. The largest absolute Gasteiger partial charge is 0.352 e. The van der Waals surface area contributed by atoms with Gasteiger partial charge in [-0.2, -0.15) is 4.72 Å². The summed E-state index contributed by atoms with van der Waals surface area (Å²) in [5, 5.41) is 3.03. The lowest BCUT2D eigenvalue weighted by Crippen LogP contribution is -2.48. The maximum absolute atomic E-state index is 12.8. The Labute approximate surface area is 158 Å². The van der Waals surface area contributed by atoms with Gasteiger partial charge in [0.15, 0.2) is 0 Å². The molecule has 0 heterocycles. The second-order valence-electron chi connectivity index (χ2n) is 7.62. The Kier molecular flexibility index (Phi) is 7.24. The van der Waals surface area contributed by atoms with Crippen molar-refractivity contribution in [3.8, 4) is 0 Å². The van der Waals surface area contributed by atoms with E-state index in [0.29, 0.717) is 11.1 Å². The van der Waals surface area contributed by atoms with Crippen molar-refractivity contribution in [1.82, 2.24) is 10.0 Å². The minimum absolute atomic E-state index is 0.151. The molecule has 6 heteroatoms. The van der Waals surface area contributed by atoms with Crippen LogP contribution in [-0.2, 0) is 14.8 Å². The predicted octanol–water partition coefficient (Wildman–Crippen LogP) is 3.51.